The number of aromatic nitrogens is 2. The van der Waals surface area contributed by atoms with Gasteiger partial charge in [-0.3, -0.25) is 0 Å². The van der Waals surface area contributed by atoms with Crippen molar-refractivity contribution >= 4 is 26.8 Å². The Bertz CT molecular complexity index is 674. The van der Waals surface area contributed by atoms with Crippen LogP contribution in [0.5, 0.6) is 0 Å². The van der Waals surface area contributed by atoms with Gasteiger partial charge in [-0.05, 0) is 23.8 Å². The molecule has 2 aromatic carbocycles. The lowest BCUT2D eigenvalue weighted by atomic mass is 10.0. The summed E-state index contributed by atoms with van der Waals surface area (Å²) in [5.74, 6) is 0. The van der Waals surface area contributed by atoms with E-state index in [4.69, 9.17) is 0 Å². The van der Waals surface area contributed by atoms with Crippen LogP contribution in [0.2, 0.25) is 0 Å². The van der Waals surface area contributed by atoms with Crippen molar-refractivity contribution in [3.05, 3.63) is 59.2 Å². The fourth-order valence-electron chi connectivity index (χ4n) is 1.89. The molecule has 0 spiro atoms. The fraction of sp³-hybridized carbons (Fsp3) is 0. The van der Waals surface area contributed by atoms with Crippen molar-refractivity contribution in [2.24, 2.45) is 0 Å². The SMILES string of the molecule is Brc1cccc(-c2cnnc3ccccc23)c1. The van der Waals surface area contributed by atoms with Gasteiger partial charge >= 0.3 is 0 Å². The normalized spacial score (nSPS) is 10.6. The van der Waals surface area contributed by atoms with Crippen LogP contribution < -0.4 is 0 Å². The van der Waals surface area contributed by atoms with Gasteiger partial charge in [-0.15, -0.1) is 0 Å². The third kappa shape index (κ3) is 1.94. The van der Waals surface area contributed by atoms with Crippen molar-refractivity contribution < 1.29 is 0 Å². The molecule has 0 amide bonds. The summed E-state index contributed by atoms with van der Waals surface area (Å²) in [6.45, 7) is 0. The predicted octanol–water partition coefficient (Wildman–Crippen LogP) is 4.06. The molecule has 0 saturated heterocycles. The molecule has 0 bridgehead atoms. The number of rotatable bonds is 1. The summed E-state index contributed by atoms with van der Waals surface area (Å²) in [6.07, 6.45) is 1.81. The maximum atomic E-state index is 4.13. The summed E-state index contributed by atoms with van der Waals surface area (Å²) in [4.78, 5) is 0. The number of hydrogen-bond donors (Lipinski definition) is 0. The van der Waals surface area contributed by atoms with Crippen LogP contribution in [-0.2, 0) is 0 Å². The molecule has 1 heterocycles. The Hall–Kier alpha value is -1.74. The molecular formula is C14H9BrN2. The molecule has 3 aromatic rings. The molecule has 2 nitrogen and oxygen atoms in total. The van der Waals surface area contributed by atoms with Crippen molar-refractivity contribution in [1.29, 1.82) is 0 Å². The van der Waals surface area contributed by atoms with E-state index < -0.39 is 0 Å². The monoisotopic (exact) mass is 284 g/mol. The van der Waals surface area contributed by atoms with Crippen molar-refractivity contribution in [2.45, 2.75) is 0 Å². The van der Waals surface area contributed by atoms with Gasteiger partial charge in [0.05, 0.1) is 11.7 Å². The van der Waals surface area contributed by atoms with Gasteiger partial charge in [0.1, 0.15) is 0 Å². The van der Waals surface area contributed by atoms with Crippen molar-refractivity contribution in [3.63, 3.8) is 0 Å². The number of halogens is 1. The van der Waals surface area contributed by atoms with Crippen LogP contribution in [0.15, 0.2) is 59.2 Å². The molecular weight excluding hydrogens is 276 g/mol. The molecule has 17 heavy (non-hydrogen) atoms. The molecule has 82 valence electrons. The van der Waals surface area contributed by atoms with E-state index in [1.807, 2.05) is 36.5 Å². The first-order chi connectivity index (χ1) is 8.34. The Labute approximate surface area is 107 Å². The second-order valence-corrected chi connectivity index (χ2v) is 4.70. The number of nitrogens with zero attached hydrogens (tertiary/aromatic N) is 2. The van der Waals surface area contributed by atoms with Gasteiger partial charge in [0, 0.05) is 15.4 Å². The van der Waals surface area contributed by atoms with E-state index in [2.05, 4.69) is 44.3 Å². The second-order valence-electron chi connectivity index (χ2n) is 3.79. The molecule has 0 unspecified atom stereocenters. The van der Waals surface area contributed by atoms with E-state index in [-0.39, 0.29) is 0 Å². The average molecular weight is 285 g/mol. The van der Waals surface area contributed by atoms with Crippen LogP contribution in [0.4, 0.5) is 0 Å². The number of hydrogen-bond acceptors (Lipinski definition) is 2. The van der Waals surface area contributed by atoms with Gasteiger partial charge in [0.25, 0.3) is 0 Å². The summed E-state index contributed by atoms with van der Waals surface area (Å²) in [5, 5.41) is 9.31. The van der Waals surface area contributed by atoms with Gasteiger partial charge in [-0.25, -0.2) is 0 Å². The lowest BCUT2D eigenvalue weighted by Crippen LogP contribution is -1.87. The van der Waals surface area contributed by atoms with Gasteiger partial charge in [-0.2, -0.15) is 10.2 Å². The van der Waals surface area contributed by atoms with Crippen LogP contribution >= 0.6 is 15.9 Å². The van der Waals surface area contributed by atoms with Crippen molar-refractivity contribution in [2.75, 3.05) is 0 Å². The molecule has 0 aliphatic carbocycles. The molecule has 1 aromatic heterocycles. The minimum Gasteiger partial charge on any atom is -0.158 e. The van der Waals surface area contributed by atoms with Gasteiger partial charge in [-0.1, -0.05) is 46.3 Å². The quantitative estimate of drug-likeness (QED) is 0.673. The highest BCUT2D eigenvalue weighted by Crippen LogP contribution is 2.28. The Morgan fingerprint density at radius 3 is 2.71 bits per heavy atom. The van der Waals surface area contributed by atoms with Crippen molar-refractivity contribution in [3.8, 4) is 11.1 Å². The first-order valence-corrected chi connectivity index (χ1v) is 6.10. The molecule has 0 radical (unpaired) electrons. The Morgan fingerprint density at radius 1 is 0.941 bits per heavy atom. The number of benzene rings is 2. The molecule has 0 atom stereocenters. The smallest absolute Gasteiger partial charge is 0.0935 e. The lowest BCUT2D eigenvalue weighted by Gasteiger charge is -2.05. The molecule has 0 N–H and O–H groups in total. The van der Waals surface area contributed by atoms with E-state index in [0.29, 0.717) is 0 Å². The molecule has 0 saturated carbocycles. The minimum atomic E-state index is 0.921. The highest BCUT2D eigenvalue weighted by atomic mass is 79.9. The van der Waals surface area contributed by atoms with E-state index in [1.165, 1.54) is 0 Å². The first kappa shape index (κ1) is 10.4. The van der Waals surface area contributed by atoms with Crippen LogP contribution in [0.25, 0.3) is 22.0 Å². The zero-order chi connectivity index (χ0) is 11.7. The summed E-state index contributed by atoms with van der Waals surface area (Å²) in [5.41, 5.74) is 3.17. The van der Waals surface area contributed by atoms with E-state index in [9.17, 15) is 0 Å². The van der Waals surface area contributed by atoms with Crippen LogP contribution in [0.3, 0.4) is 0 Å². The average Bonchev–Trinajstić information content (AvgIpc) is 2.38. The molecule has 3 heteroatoms. The molecule has 3 rings (SSSR count). The summed E-state index contributed by atoms with van der Waals surface area (Å²) in [6, 6.07) is 16.2. The maximum absolute atomic E-state index is 4.13. The molecule has 0 aliphatic heterocycles. The fourth-order valence-corrected chi connectivity index (χ4v) is 2.29. The standard InChI is InChI=1S/C14H9BrN2/c15-11-5-3-4-10(8-11)13-9-16-17-14-7-2-1-6-12(13)14/h1-9H. The Kier molecular flexibility index (Phi) is 2.61. The first-order valence-electron chi connectivity index (χ1n) is 5.31. The third-order valence-corrected chi connectivity index (χ3v) is 3.18. The topological polar surface area (TPSA) is 25.8 Å². The van der Waals surface area contributed by atoms with E-state index in [0.717, 1.165) is 26.5 Å². The third-order valence-electron chi connectivity index (χ3n) is 2.68. The summed E-state index contributed by atoms with van der Waals surface area (Å²) in [7, 11) is 0. The summed E-state index contributed by atoms with van der Waals surface area (Å²) < 4.78 is 1.07. The van der Waals surface area contributed by atoms with Crippen LogP contribution in [0, 0.1) is 0 Å². The molecule has 0 aliphatic rings. The van der Waals surface area contributed by atoms with Crippen LogP contribution in [0.1, 0.15) is 0 Å². The lowest BCUT2D eigenvalue weighted by molar-refractivity contribution is 1.08. The number of fused-ring (bicyclic) bond motifs is 1. The minimum absolute atomic E-state index is 0.921. The largest absolute Gasteiger partial charge is 0.158 e. The Balaban J connectivity index is 2.30. The highest BCUT2D eigenvalue weighted by Gasteiger charge is 2.04. The zero-order valence-electron chi connectivity index (χ0n) is 8.97. The Morgan fingerprint density at radius 2 is 1.82 bits per heavy atom. The summed E-state index contributed by atoms with van der Waals surface area (Å²) >= 11 is 3.49. The second kappa shape index (κ2) is 4.26. The molecule has 0 fully saturated rings. The van der Waals surface area contributed by atoms with Gasteiger partial charge < -0.3 is 0 Å². The van der Waals surface area contributed by atoms with Crippen LogP contribution in [-0.4, -0.2) is 10.2 Å². The van der Waals surface area contributed by atoms with Gasteiger partial charge in [0.15, 0.2) is 0 Å². The maximum Gasteiger partial charge on any atom is 0.0935 e. The van der Waals surface area contributed by atoms with E-state index >= 15 is 0 Å². The zero-order valence-corrected chi connectivity index (χ0v) is 10.6. The highest BCUT2D eigenvalue weighted by molar-refractivity contribution is 9.10. The van der Waals surface area contributed by atoms with E-state index in [1.54, 1.807) is 0 Å². The van der Waals surface area contributed by atoms with Crippen molar-refractivity contribution in [1.82, 2.24) is 10.2 Å². The van der Waals surface area contributed by atoms with Gasteiger partial charge in [0.2, 0.25) is 0 Å². The predicted molar refractivity (Wildman–Crippen MR) is 72.7 cm³/mol.